The first-order valence-electron chi connectivity index (χ1n) is 5.01. The average Bonchev–Trinajstić information content (AvgIpc) is 2.17. The number of pyridine rings is 1. The summed E-state index contributed by atoms with van der Waals surface area (Å²) in [7, 11) is 1.92. The van der Waals surface area contributed by atoms with E-state index in [2.05, 4.69) is 12.2 Å². The van der Waals surface area contributed by atoms with Crippen LogP contribution < -0.4 is 10.9 Å². The minimum atomic E-state index is 0.0821. The molecule has 0 aliphatic rings. The SMILES string of the molecule is CCC(Cn1ccc(C)cc1=O)NC. The Morgan fingerprint density at radius 1 is 1.57 bits per heavy atom. The minimum absolute atomic E-state index is 0.0821. The maximum Gasteiger partial charge on any atom is 0.250 e. The topological polar surface area (TPSA) is 34.0 Å². The first-order valence-corrected chi connectivity index (χ1v) is 5.01. The molecule has 3 nitrogen and oxygen atoms in total. The first kappa shape index (κ1) is 11.0. The quantitative estimate of drug-likeness (QED) is 0.780. The molecule has 78 valence electrons. The van der Waals surface area contributed by atoms with E-state index in [4.69, 9.17) is 0 Å². The molecular weight excluding hydrogens is 176 g/mol. The molecule has 0 amide bonds. The maximum absolute atomic E-state index is 11.5. The number of hydrogen-bond donors (Lipinski definition) is 1. The molecule has 0 aliphatic heterocycles. The number of hydrogen-bond acceptors (Lipinski definition) is 2. The highest BCUT2D eigenvalue weighted by atomic mass is 16.1. The smallest absolute Gasteiger partial charge is 0.250 e. The van der Waals surface area contributed by atoms with E-state index in [1.165, 1.54) is 0 Å². The summed E-state index contributed by atoms with van der Waals surface area (Å²) in [5.41, 5.74) is 1.10. The Kier molecular flexibility index (Phi) is 3.89. The first-order chi connectivity index (χ1) is 6.67. The fourth-order valence-electron chi connectivity index (χ4n) is 1.42. The number of aromatic nitrogens is 1. The number of nitrogens with zero attached hydrogens (tertiary/aromatic N) is 1. The molecule has 1 rings (SSSR count). The Balaban J connectivity index is 2.81. The molecule has 1 atom stereocenters. The van der Waals surface area contributed by atoms with E-state index < -0.39 is 0 Å². The molecule has 0 saturated heterocycles. The Hall–Kier alpha value is -1.09. The Bertz CT molecular complexity index is 339. The summed E-state index contributed by atoms with van der Waals surface area (Å²) in [6, 6.07) is 4.00. The third-order valence-electron chi connectivity index (χ3n) is 2.47. The highest BCUT2D eigenvalue weighted by molar-refractivity contribution is 5.08. The van der Waals surface area contributed by atoms with Crippen LogP contribution in [0.1, 0.15) is 18.9 Å². The molecule has 1 unspecified atom stereocenters. The van der Waals surface area contributed by atoms with Crippen LogP contribution in [-0.4, -0.2) is 17.7 Å². The zero-order valence-electron chi connectivity index (χ0n) is 9.08. The van der Waals surface area contributed by atoms with Crippen molar-refractivity contribution in [3.63, 3.8) is 0 Å². The summed E-state index contributed by atoms with van der Waals surface area (Å²) in [6.07, 6.45) is 2.88. The second kappa shape index (κ2) is 4.96. The molecule has 1 N–H and O–H groups in total. The minimum Gasteiger partial charge on any atom is -0.315 e. The van der Waals surface area contributed by atoms with Crippen LogP contribution in [0.2, 0.25) is 0 Å². The van der Waals surface area contributed by atoms with Crippen molar-refractivity contribution in [1.29, 1.82) is 0 Å². The van der Waals surface area contributed by atoms with Gasteiger partial charge in [-0.3, -0.25) is 4.79 Å². The predicted octanol–water partition coefficient (Wildman–Crippen LogP) is 1.15. The fourth-order valence-corrected chi connectivity index (χ4v) is 1.42. The van der Waals surface area contributed by atoms with Crippen molar-refractivity contribution in [2.24, 2.45) is 0 Å². The van der Waals surface area contributed by atoms with Crippen LogP contribution in [-0.2, 0) is 6.54 Å². The van der Waals surface area contributed by atoms with Crippen molar-refractivity contribution in [1.82, 2.24) is 9.88 Å². The van der Waals surface area contributed by atoms with Crippen molar-refractivity contribution in [3.05, 3.63) is 34.2 Å². The number of nitrogens with one attached hydrogen (secondary N) is 1. The van der Waals surface area contributed by atoms with Crippen LogP contribution in [0.5, 0.6) is 0 Å². The summed E-state index contributed by atoms with van der Waals surface area (Å²) >= 11 is 0. The summed E-state index contributed by atoms with van der Waals surface area (Å²) in [5, 5.41) is 3.18. The van der Waals surface area contributed by atoms with E-state index in [0.717, 1.165) is 18.5 Å². The van der Waals surface area contributed by atoms with Gasteiger partial charge < -0.3 is 9.88 Å². The Morgan fingerprint density at radius 2 is 2.29 bits per heavy atom. The van der Waals surface area contributed by atoms with Crippen LogP contribution in [0.3, 0.4) is 0 Å². The van der Waals surface area contributed by atoms with Gasteiger partial charge in [0.05, 0.1) is 0 Å². The summed E-state index contributed by atoms with van der Waals surface area (Å²) in [4.78, 5) is 11.5. The van der Waals surface area contributed by atoms with Gasteiger partial charge in [0.2, 0.25) is 0 Å². The molecule has 0 bridgehead atoms. The lowest BCUT2D eigenvalue weighted by Crippen LogP contribution is -2.33. The molecule has 14 heavy (non-hydrogen) atoms. The summed E-state index contributed by atoms with van der Waals surface area (Å²) in [5.74, 6) is 0. The normalized spacial score (nSPS) is 12.8. The lowest BCUT2D eigenvalue weighted by atomic mass is 10.2. The molecular formula is C11H18N2O. The van der Waals surface area contributed by atoms with Gasteiger partial charge >= 0.3 is 0 Å². The fraction of sp³-hybridized carbons (Fsp3) is 0.545. The van der Waals surface area contributed by atoms with Gasteiger partial charge in [-0.2, -0.15) is 0 Å². The number of aryl methyl sites for hydroxylation is 1. The van der Waals surface area contributed by atoms with Crippen LogP contribution in [0.25, 0.3) is 0 Å². The number of likely N-dealkylation sites (N-methyl/N-ethyl adjacent to an activating group) is 1. The Labute approximate surface area is 84.8 Å². The summed E-state index contributed by atoms with van der Waals surface area (Å²) < 4.78 is 1.75. The molecule has 0 fully saturated rings. The lowest BCUT2D eigenvalue weighted by molar-refractivity contribution is 0.461. The van der Waals surface area contributed by atoms with Gasteiger partial charge in [0.1, 0.15) is 0 Å². The molecule has 1 aromatic heterocycles. The van der Waals surface area contributed by atoms with E-state index >= 15 is 0 Å². The van der Waals surface area contributed by atoms with Crippen molar-refractivity contribution >= 4 is 0 Å². The van der Waals surface area contributed by atoms with Gasteiger partial charge in [-0.1, -0.05) is 6.92 Å². The highest BCUT2D eigenvalue weighted by Gasteiger charge is 2.04. The van der Waals surface area contributed by atoms with E-state index in [1.54, 1.807) is 10.6 Å². The molecule has 0 radical (unpaired) electrons. The van der Waals surface area contributed by atoms with E-state index in [0.29, 0.717) is 6.04 Å². The third kappa shape index (κ3) is 2.70. The largest absolute Gasteiger partial charge is 0.315 e. The van der Waals surface area contributed by atoms with Gasteiger partial charge in [0.15, 0.2) is 0 Å². The maximum atomic E-state index is 11.5. The predicted molar refractivity (Wildman–Crippen MR) is 58.6 cm³/mol. The number of rotatable bonds is 4. The molecule has 1 heterocycles. The van der Waals surface area contributed by atoms with E-state index in [9.17, 15) is 4.79 Å². The van der Waals surface area contributed by atoms with E-state index in [1.807, 2.05) is 26.2 Å². The van der Waals surface area contributed by atoms with Crippen molar-refractivity contribution in [2.75, 3.05) is 7.05 Å². The average molecular weight is 194 g/mol. The molecule has 0 spiro atoms. The summed E-state index contributed by atoms with van der Waals surface area (Å²) in [6.45, 7) is 4.79. The Morgan fingerprint density at radius 3 is 2.79 bits per heavy atom. The molecule has 0 aliphatic carbocycles. The van der Waals surface area contributed by atoms with Gasteiger partial charge in [-0.25, -0.2) is 0 Å². The van der Waals surface area contributed by atoms with Crippen LogP contribution in [0.15, 0.2) is 23.1 Å². The monoisotopic (exact) mass is 194 g/mol. The van der Waals surface area contributed by atoms with Crippen LogP contribution in [0.4, 0.5) is 0 Å². The van der Waals surface area contributed by atoms with Crippen molar-refractivity contribution < 1.29 is 0 Å². The molecule has 1 aromatic rings. The second-order valence-corrected chi connectivity index (χ2v) is 3.59. The van der Waals surface area contributed by atoms with Crippen LogP contribution in [0, 0.1) is 6.92 Å². The van der Waals surface area contributed by atoms with E-state index in [-0.39, 0.29) is 5.56 Å². The molecule has 3 heteroatoms. The molecule has 0 aromatic carbocycles. The zero-order chi connectivity index (χ0) is 10.6. The van der Waals surface area contributed by atoms with Gasteiger partial charge in [0, 0.05) is 24.8 Å². The standard InChI is InChI=1S/C11H18N2O/c1-4-10(12-3)8-13-6-5-9(2)7-11(13)14/h5-7,10,12H,4,8H2,1-3H3. The van der Waals surface area contributed by atoms with Gasteiger partial charge in [-0.15, -0.1) is 0 Å². The van der Waals surface area contributed by atoms with Crippen LogP contribution >= 0.6 is 0 Å². The van der Waals surface area contributed by atoms with Gasteiger partial charge in [0.25, 0.3) is 5.56 Å². The molecule has 0 saturated carbocycles. The van der Waals surface area contributed by atoms with Crippen molar-refractivity contribution in [2.45, 2.75) is 32.9 Å². The van der Waals surface area contributed by atoms with Gasteiger partial charge in [-0.05, 0) is 32.0 Å². The van der Waals surface area contributed by atoms with Crippen molar-refractivity contribution in [3.8, 4) is 0 Å². The lowest BCUT2D eigenvalue weighted by Gasteiger charge is -2.15. The zero-order valence-corrected chi connectivity index (χ0v) is 9.08. The second-order valence-electron chi connectivity index (χ2n) is 3.59. The highest BCUT2D eigenvalue weighted by Crippen LogP contribution is 1.96. The third-order valence-corrected chi connectivity index (χ3v) is 2.47.